The molecule has 216 valence electrons. The molecule has 0 aliphatic carbocycles. The van der Waals surface area contributed by atoms with Crippen LogP contribution in [0.3, 0.4) is 0 Å². The van der Waals surface area contributed by atoms with Crippen molar-refractivity contribution < 1.29 is 28.6 Å². The maximum atomic E-state index is 12.4. The van der Waals surface area contributed by atoms with Gasteiger partial charge in [0, 0.05) is 66.0 Å². The van der Waals surface area contributed by atoms with Gasteiger partial charge < -0.3 is 28.9 Å². The molecule has 2 amide bonds. The average molecular weight is 540 g/mol. The summed E-state index contributed by atoms with van der Waals surface area (Å²) in [5, 5.41) is 10.7. The van der Waals surface area contributed by atoms with Gasteiger partial charge in [0.1, 0.15) is 5.60 Å². The number of methoxy groups -OCH3 is 1. The van der Waals surface area contributed by atoms with E-state index in [1.165, 1.54) is 7.11 Å². The van der Waals surface area contributed by atoms with Crippen molar-refractivity contribution in [3.63, 3.8) is 0 Å². The fourth-order valence-electron chi connectivity index (χ4n) is 5.04. The van der Waals surface area contributed by atoms with Crippen molar-refractivity contribution in [2.24, 2.45) is 0 Å². The van der Waals surface area contributed by atoms with E-state index in [-0.39, 0.29) is 30.3 Å². The van der Waals surface area contributed by atoms with Crippen LogP contribution in [0.4, 0.5) is 9.59 Å². The molecule has 0 radical (unpaired) electrons. The number of cyclic esters (lactones) is 1. The molecule has 38 heavy (non-hydrogen) atoms. The average Bonchev–Trinajstić information content (AvgIpc) is 3.15. The molecule has 2 N–H and O–H groups in total. The zero-order valence-corrected chi connectivity index (χ0v) is 23.5. The van der Waals surface area contributed by atoms with E-state index in [0.717, 1.165) is 58.7 Å². The zero-order valence-electron chi connectivity index (χ0n) is 23.5. The minimum Gasteiger partial charge on any atom is -0.469 e. The highest BCUT2D eigenvalue weighted by atomic mass is 16.6. The molecule has 0 saturated carbocycles. The van der Waals surface area contributed by atoms with Gasteiger partial charge in [-0.05, 0) is 40.2 Å². The Morgan fingerprint density at radius 3 is 2.24 bits per heavy atom. The molecule has 3 rings (SSSR count). The Morgan fingerprint density at radius 1 is 1.03 bits per heavy atom. The highest BCUT2D eigenvalue weighted by Crippen LogP contribution is 2.26. The third-order valence-corrected chi connectivity index (χ3v) is 7.24. The van der Waals surface area contributed by atoms with E-state index in [0.29, 0.717) is 26.1 Å². The van der Waals surface area contributed by atoms with Gasteiger partial charge in [0.15, 0.2) is 6.23 Å². The molecule has 2 atom stereocenters. The zero-order chi connectivity index (χ0) is 27.9. The lowest BCUT2D eigenvalue weighted by molar-refractivity contribution is -0.141. The lowest BCUT2D eigenvalue weighted by Gasteiger charge is -2.39. The van der Waals surface area contributed by atoms with Crippen LogP contribution in [-0.4, -0.2) is 146 Å². The maximum absolute atomic E-state index is 12.4. The van der Waals surface area contributed by atoms with E-state index in [9.17, 15) is 14.4 Å². The molecule has 0 bridgehead atoms. The number of ether oxygens (including phenoxy) is 3. The number of hydrogen-bond donors (Lipinski definition) is 2. The van der Waals surface area contributed by atoms with Crippen LogP contribution in [0, 0.1) is 5.41 Å². The number of nitrogens with one attached hydrogen (secondary N) is 2. The van der Waals surface area contributed by atoms with Crippen molar-refractivity contribution in [1.82, 2.24) is 29.8 Å². The monoisotopic (exact) mass is 539 g/mol. The van der Waals surface area contributed by atoms with Crippen LogP contribution in [0.2, 0.25) is 0 Å². The van der Waals surface area contributed by atoms with Crippen LogP contribution in [-0.2, 0) is 19.0 Å². The topological polar surface area (TPSA) is 131 Å². The largest absolute Gasteiger partial charge is 0.469 e. The number of hydrogen-bond acceptors (Lipinski definition) is 10. The smallest absolute Gasteiger partial charge is 0.414 e. The Bertz CT molecular complexity index is 835. The van der Waals surface area contributed by atoms with Gasteiger partial charge in [-0.2, -0.15) is 0 Å². The second kappa shape index (κ2) is 13.4. The molecule has 0 aromatic carbocycles. The van der Waals surface area contributed by atoms with Gasteiger partial charge in [0.05, 0.1) is 19.6 Å². The number of nitrogens with zero attached hydrogens (tertiary/aromatic N) is 5. The number of carbonyl (C=O) groups is 3. The molecular weight excluding hydrogens is 494 g/mol. The molecule has 3 aliphatic heterocycles. The van der Waals surface area contributed by atoms with Gasteiger partial charge in [-0.25, -0.2) is 9.59 Å². The Kier molecular flexibility index (Phi) is 10.6. The van der Waals surface area contributed by atoms with Crippen molar-refractivity contribution in [1.29, 1.82) is 5.41 Å². The van der Waals surface area contributed by atoms with Crippen molar-refractivity contribution in [2.75, 3.05) is 79.6 Å². The van der Waals surface area contributed by atoms with Crippen LogP contribution in [0.1, 0.15) is 40.0 Å². The molecule has 13 heteroatoms. The van der Waals surface area contributed by atoms with E-state index < -0.39 is 11.7 Å². The minimum absolute atomic E-state index is 0.00313. The normalized spacial score (nSPS) is 23.8. The summed E-state index contributed by atoms with van der Waals surface area (Å²) in [4.78, 5) is 46.1. The van der Waals surface area contributed by atoms with Gasteiger partial charge in [0.2, 0.25) is 5.96 Å². The molecular formula is C25H45N7O6. The van der Waals surface area contributed by atoms with Crippen LogP contribution < -0.4 is 5.32 Å². The minimum atomic E-state index is -0.612. The quantitative estimate of drug-likeness (QED) is 0.198. The highest BCUT2D eigenvalue weighted by Gasteiger charge is 2.43. The summed E-state index contributed by atoms with van der Waals surface area (Å²) in [6.07, 6.45) is 1.000. The Hall–Kier alpha value is -2.64. The van der Waals surface area contributed by atoms with Crippen LogP contribution in [0.25, 0.3) is 0 Å². The number of guanidine groups is 1. The second-order valence-electron chi connectivity index (χ2n) is 11.1. The number of likely N-dealkylation sites (N-methyl/N-ethyl adjacent to an activating group) is 1. The molecule has 0 aromatic heterocycles. The van der Waals surface area contributed by atoms with Gasteiger partial charge in [-0.1, -0.05) is 0 Å². The summed E-state index contributed by atoms with van der Waals surface area (Å²) in [6.45, 7) is 13.1. The summed E-state index contributed by atoms with van der Waals surface area (Å²) in [5.41, 5.74) is -0.606. The second-order valence-corrected chi connectivity index (χ2v) is 11.1. The van der Waals surface area contributed by atoms with Gasteiger partial charge >= 0.3 is 18.2 Å². The van der Waals surface area contributed by atoms with Crippen molar-refractivity contribution >= 4 is 24.1 Å². The third-order valence-electron chi connectivity index (χ3n) is 7.24. The summed E-state index contributed by atoms with van der Waals surface area (Å²) in [6, 6.07) is -0.00313. The Morgan fingerprint density at radius 2 is 1.63 bits per heavy atom. The number of amides is 2. The van der Waals surface area contributed by atoms with Crippen molar-refractivity contribution in [3.05, 3.63) is 0 Å². The van der Waals surface area contributed by atoms with E-state index in [2.05, 4.69) is 20.0 Å². The molecule has 3 aliphatic rings. The molecule has 3 heterocycles. The fraction of sp³-hybridized carbons (Fsp3) is 0.840. The fourth-order valence-corrected chi connectivity index (χ4v) is 5.04. The van der Waals surface area contributed by atoms with Crippen molar-refractivity contribution in [2.45, 2.75) is 57.9 Å². The predicted molar refractivity (Wildman–Crippen MR) is 141 cm³/mol. The van der Waals surface area contributed by atoms with Gasteiger partial charge in [-0.3, -0.25) is 25.3 Å². The summed E-state index contributed by atoms with van der Waals surface area (Å²) in [5.74, 6) is -0.133. The lowest BCUT2D eigenvalue weighted by Crippen LogP contribution is -2.54. The molecule has 3 fully saturated rings. The van der Waals surface area contributed by atoms with E-state index in [1.54, 1.807) is 25.7 Å². The SMILES string of the molecule is COC(=O)CCN1CCN(C2OC(=O)N(C)C2CCCN2CCN(C(=N)NC(=O)OC(C)(C)C)CC2)CC1. The summed E-state index contributed by atoms with van der Waals surface area (Å²) in [7, 11) is 3.21. The molecule has 3 saturated heterocycles. The standard InChI is InChI=1S/C25H45N7O6/c1-25(2,3)38-23(34)27-22(26)32-17-13-29(14-18-32)9-6-7-19-21(37-24(35)28(19)4)31-15-11-30(12-16-31)10-8-20(33)36-5/h19,21H,6-18H2,1-5H3,(H2,26,27,34). The first-order valence-electron chi connectivity index (χ1n) is 13.5. The number of rotatable bonds is 8. The van der Waals surface area contributed by atoms with Gasteiger partial charge in [0.25, 0.3) is 0 Å². The maximum Gasteiger partial charge on any atom is 0.414 e. The highest BCUT2D eigenvalue weighted by molar-refractivity contribution is 5.92. The molecule has 13 nitrogen and oxygen atoms in total. The summed E-state index contributed by atoms with van der Waals surface area (Å²) >= 11 is 0. The predicted octanol–water partition coefficient (Wildman–Crippen LogP) is 0.801. The lowest BCUT2D eigenvalue weighted by atomic mass is 10.1. The first-order valence-corrected chi connectivity index (χ1v) is 13.5. The van der Waals surface area contributed by atoms with E-state index >= 15 is 0 Å². The molecule has 0 spiro atoms. The third kappa shape index (κ3) is 8.70. The molecule has 2 unspecified atom stereocenters. The summed E-state index contributed by atoms with van der Waals surface area (Å²) < 4.78 is 15.7. The van der Waals surface area contributed by atoms with Gasteiger partial charge in [-0.15, -0.1) is 0 Å². The van der Waals surface area contributed by atoms with Crippen LogP contribution in [0.5, 0.6) is 0 Å². The Balaban J connectivity index is 1.38. The number of carbonyl (C=O) groups excluding carboxylic acids is 3. The number of piperazine rings is 2. The molecule has 0 aromatic rings. The first-order chi connectivity index (χ1) is 18.0. The van der Waals surface area contributed by atoms with Crippen molar-refractivity contribution in [3.8, 4) is 0 Å². The van der Waals surface area contributed by atoms with Crippen LogP contribution >= 0.6 is 0 Å². The number of esters is 1. The van der Waals surface area contributed by atoms with Crippen LogP contribution in [0.15, 0.2) is 0 Å². The number of alkyl carbamates (subject to hydrolysis) is 1. The first kappa shape index (κ1) is 29.9. The Labute approximate surface area is 225 Å². The van der Waals surface area contributed by atoms with E-state index in [4.69, 9.17) is 19.6 Å². The van der Waals surface area contributed by atoms with E-state index in [1.807, 2.05) is 11.9 Å².